The second kappa shape index (κ2) is 4.50. The maximum absolute atomic E-state index is 11.0. The molecule has 2 aromatic rings. The normalized spacial score (nSPS) is 10.2. The van der Waals surface area contributed by atoms with Crippen LogP contribution in [0.1, 0.15) is 10.4 Å². The van der Waals surface area contributed by atoms with E-state index in [0.717, 1.165) is 10.0 Å². The van der Waals surface area contributed by atoms with E-state index < -0.39 is 5.91 Å². The molecule has 1 aromatic carbocycles. The Balaban J connectivity index is 2.52. The number of carbonyl (C=O) groups excluding carboxylic acids is 1. The number of amides is 1. The maximum atomic E-state index is 11.0. The highest BCUT2D eigenvalue weighted by molar-refractivity contribution is 9.10. The van der Waals surface area contributed by atoms with Crippen molar-refractivity contribution in [2.24, 2.45) is 5.73 Å². The molecule has 0 fully saturated rings. The predicted molar refractivity (Wildman–Crippen MR) is 68.1 cm³/mol. The quantitative estimate of drug-likeness (QED) is 0.879. The van der Waals surface area contributed by atoms with E-state index in [1.54, 1.807) is 0 Å². The molecule has 0 aliphatic heterocycles. The van der Waals surface area contributed by atoms with Gasteiger partial charge in [0.2, 0.25) is 0 Å². The smallest absolute Gasteiger partial charge is 0.254 e. The molecule has 0 saturated carbocycles. The van der Waals surface area contributed by atoms with Gasteiger partial charge in [0, 0.05) is 16.2 Å². The lowest BCUT2D eigenvalue weighted by Crippen LogP contribution is -2.15. The Labute approximate surface area is 106 Å². The lowest BCUT2D eigenvalue weighted by Gasteiger charge is -2.05. The van der Waals surface area contributed by atoms with E-state index in [4.69, 9.17) is 11.5 Å². The third kappa shape index (κ3) is 2.26. The van der Waals surface area contributed by atoms with Gasteiger partial charge in [-0.05, 0) is 6.07 Å². The average Bonchev–Trinajstić information content (AvgIpc) is 2.29. The Morgan fingerprint density at radius 3 is 2.59 bits per heavy atom. The fourth-order valence-corrected chi connectivity index (χ4v) is 1.82. The highest BCUT2D eigenvalue weighted by atomic mass is 79.9. The van der Waals surface area contributed by atoms with Crippen molar-refractivity contribution < 1.29 is 4.79 Å². The summed E-state index contributed by atoms with van der Waals surface area (Å²) in [6, 6.07) is 7.47. The standard InChI is InChI=1S/C11H9BrN4O/c12-8-4-2-1-3-6(8)11-15-5-7(10(14)17)9(13)16-11/h1-5H,(H2,14,17)(H2,13,15,16). The molecule has 1 amide bonds. The van der Waals surface area contributed by atoms with Crippen molar-refractivity contribution in [1.82, 2.24) is 9.97 Å². The van der Waals surface area contributed by atoms with Gasteiger partial charge in [-0.3, -0.25) is 4.79 Å². The minimum absolute atomic E-state index is 0.0817. The van der Waals surface area contributed by atoms with Crippen molar-refractivity contribution in [3.05, 3.63) is 40.5 Å². The Hall–Kier alpha value is -1.95. The number of hydrogen-bond acceptors (Lipinski definition) is 4. The van der Waals surface area contributed by atoms with Gasteiger partial charge >= 0.3 is 0 Å². The number of nitrogen functional groups attached to an aromatic ring is 1. The second-order valence-electron chi connectivity index (χ2n) is 3.34. The number of halogens is 1. The van der Waals surface area contributed by atoms with E-state index in [2.05, 4.69) is 25.9 Å². The minimum Gasteiger partial charge on any atom is -0.383 e. The van der Waals surface area contributed by atoms with Gasteiger partial charge < -0.3 is 11.5 Å². The van der Waals surface area contributed by atoms with Crippen LogP contribution < -0.4 is 11.5 Å². The number of benzene rings is 1. The SMILES string of the molecule is NC(=O)c1cnc(-c2ccccc2Br)nc1N. The minimum atomic E-state index is -0.638. The van der Waals surface area contributed by atoms with Gasteiger partial charge in [0.05, 0.1) is 5.56 Å². The first-order valence-corrected chi connectivity index (χ1v) is 5.56. The lowest BCUT2D eigenvalue weighted by atomic mass is 10.2. The van der Waals surface area contributed by atoms with Gasteiger partial charge in [-0.2, -0.15) is 0 Å². The van der Waals surface area contributed by atoms with Crippen LogP contribution in [0.25, 0.3) is 11.4 Å². The van der Waals surface area contributed by atoms with E-state index >= 15 is 0 Å². The van der Waals surface area contributed by atoms with Crippen LogP contribution in [0, 0.1) is 0 Å². The molecule has 0 unspecified atom stereocenters. The van der Waals surface area contributed by atoms with Crippen LogP contribution >= 0.6 is 15.9 Å². The van der Waals surface area contributed by atoms with Crippen LogP contribution in [0.3, 0.4) is 0 Å². The van der Waals surface area contributed by atoms with Gasteiger partial charge in [0.15, 0.2) is 5.82 Å². The zero-order valence-electron chi connectivity index (χ0n) is 8.72. The molecule has 1 heterocycles. The molecule has 2 rings (SSSR count). The molecule has 0 aliphatic carbocycles. The van der Waals surface area contributed by atoms with E-state index in [1.807, 2.05) is 24.3 Å². The highest BCUT2D eigenvalue weighted by Crippen LogP contribution is 2.25. The fourth-order valence-electron chi connectivity index (χ4n) is 1.36. The summed E-state index contributed by atoms with van der Waals surface area (Å²) in [6.07, 6.45) is 1.33. The van der Waals surface area contributed by atoms with Gasteiger partial charge in [0.1, 0.15) is 5.82 Å². The molecule has 0 saturated heterocycles. The number of anilines is 1. The summed E-state index contributed by atoms with van der Waals surface area (Å²) < 4.78 is 0.853. The summed E-state index contributed by atoms with van der Waals surface area (Å²) >= 11 is 3.39. The van der Waals surface area contributed by atoms with Gasteiger partial charge in [-0.25, -0.2) is 9.97 Å². The van der Waals surface area contributed by atoms with Crippen molar-refractivity contribution in [3.63, 3.8) is 0 Å². The summed E-state index contributed by atoms with van der Waals surface area (Å²) in [5, 5.41) is 0. The zero-order valence-corrected chi connectivity index (χ0v) is 10.3. The second-order valence-corrected chi connectivity index (χ2v) is 4.19. The first-order chi connectivity index (χ1) is 8.09. The summed E-state index contributed by atoms with van der Waals surface area (Å²) in [5.74, 6) is -0.112. The van der Waals surface area contributed by atoms with Crippen LogP contribution in [-0.4, -0.2) is 15.9 Å². The molecule has 86 valence electrons. The molecular weight excluding hydrogens is 284 g/mol. The van der Waals surface area contributed by atoms with Crippen LogP contribution in [0.5, 0.6) is 0 Å². The third-order valence-corrected chi connectivity index (χ3v) is 2.89. The number of hydrogen-bond donors (Lipinski definition) is 2. The molecule has 0 bridgehead atoms. The number of aromatic nitrogens is 2. The molecule has 5 nitrogen and oxygen atoms in total. The monoisotopic (exact) mass is 292 g/mol. The van der Waals surface area contributed by atoms with E-state index in [1.165, 1.54) is 6.20 Å². The predicted octanol–water partition coefficient (Wildman–Crippen LogP) is 1.59. The topological polar surface area (TPSA) is 94.9 Å². The number of carbonyl (C=O) groups is 1. The van der Waals surface area contributed by atoms with Crippen LogP contribution in [0.4, 0.5) is 5.82 Å². The summed E-state index contributed by atoms with van der Waals surface area (Å²) in [6.45, 7) is 0. The van der Waals surface area contributed by atoms with E-state index in [-0.39, 0.29) is 11.4 Å². The molecule has 0 atom stereocenters. The van der Waals surface area contributed by atoms with Gasteiger partial charge in [0.25, 0.3) is 5.91 Å². The molecule has 1 aromatic heterocycles. The lowest BCUT2D eigenvalue weighted by molar-refractivity contribution is 0.100. The Kier molecular flexibility index (Phi) is 3.06. The maximum Gasteiger partial charge on any atom is 0.254 e. The molecule has 0 radical (unpaired) electrons. The molecule has 17 heavy (non-hydrogen) atoms. The fraction of sp³-hybridized carbons (Fsp3) is 0. The van der Waals surface area contributed by atoms with Crippen molar-refractivity contribution in [2.75, 3.05) is 5.73 Å². The van der Waals surface area contributed by atoms with Gasteiger partial charge in [-0.1, -0.05) is 34.1 Å². The number of rotatable bonds is 2. The van der Waals surface area contributed by atoms with E-state index in [9.17, 15) is 4.79 Å². The Morgan fingerprint density at radius 2 is 2.00 bits per heavy atom. The number of nitrogens with zero attached hydrogens (tertiary/aromatic N) is 2. The molecule has 0 spiro atoms. The first kappa shape index (κ1) is 11.5. The largest absolute Gasteiger partial charge is 0.383 e. The summed E-state index contributed by atoms with van der Waals surface area (Å²) in [5.41, 5.74) is 11.7. The van der Waals surface area contributed by atoms with Crippen LogP contribution in [-0.2, 0) is 0 Å². The van der Waals surface area contributed by atoms with Crippen LogP contribution in [0.15, 0.2) is 34.9 Å². The van der Waals surface area contributed by atoms with Crippen LogP contribution in [0.2, 0.25) is 0 Å². The molecule has 4 N–H and O–H groups in total. The Bertz CT molecular complexity index is 585. The summed E-state index contributed by atoms with van der Waals surface area (Å²) in [4.78, 5) is 19.1. The molecule has 6 heteroatoms. The first-order valence-electron chi connectivity index (χ1n) is 4.77. The number of primary amides is 1. The Morgan fingerprint density at radius 1 is 1.29 bits per heavy atom. The summed E-state index contributed by atoms with van der Waals surface area (Å²) in [7, 11) is 0. The van der Waals surface area contributed by atoms with Crippen molar-refractivity contribution in [1.29, 1.82) is 0 Å². The average molecular weight is 293 g/mol. The molecular formula is C11H9BrN4O. The van der Waals surface area contributed by atoms with Crippen molar-refractivity contribution in [3.8, 4) is 11.4 Å². The van der Waals surface area contributed by atoms with Gasteiger partial charge in [-0.15, -0.1) is 0 Å². The molecule has 0 aliphatic rings. The van der Waals surface area contributed by atoms with E-state index in [0.29, 0.717) is 5.82 Å². The van der Waals surface area contributed by atoms with Crippen molar-refractivity contribution >= 4 is 27.7 Å². The highest BCUT2D eigenvalue weighted by Gasteiger charge is 2.11. The zero-order chi connectivity index (χ0) is 12.4. The number of nitrogens with two attached hydrogens (primary N) is 2. The third-order valence-electron chi connectivity index (χ3n) is 2.20. The van der Waals surface area contributed by atoms with Crippen molar-refractivity contribution in [2.45, 2.75) is 0 Å².